The zero-order valence-electron chi connectivity index (χ0n) is 9.68. The van der Waals surface area contributed by atoms with Gasteiger partial charge in [-0.1, -0.05) is 48.2 Å². The second-order valence-electron chi connectivity index (χ2n) is 3.71. The maximum atomic E-state index is 12.3. The largest absolute Gasteiger partial charge is 0.289 e. The molecule has 0 amide bonds. The van der Waals surface area contributed by atoms with E-state index < -0.39 is 0 Å². The van der Waals surface area contributed by atoms with Crippen molar-refractivity contribution >= 4 is 5.78 Å². The van der Waals surface area contributed by atoms with Crippen molar-refractivity contribution in [2.24, 2.45) is 0 Å². The summed E-state index contributed by atoms with van der Waals surface area (Å²) in [5.74, 6) is 4.89. The van der Waals surface area contributed by atoms with Crippen LogP contribution in [0.25, 0.3) is 0 Å². The van der Waals surface area contributed by atoms with Gasteiger partial charge in [-0.15, -0.1) is 12.8 Å². The molecule has 2 aromatic rings. The van der Waals surface area contributed by atoms with Crippen molar-refractivity contribution in [1.29, 1.82) is 0 Å². The summed E-state index contributed by atoms with van der Waals surface area (Å²) in [5.41, 5.74) is 2.12. The fraction of sp³-hybridized carbons (Fsp3) is 0. The van der Waals surface area contributed by atoms with Gasteiger partial charge in [0.05, 0.1) is 5.56 Å². The number of rotatable bonds is 2. The highest BCUT2D eigenvalue weighted by molar-refractivity contribution is 6.10. The van der Waals surface area contributed by atoms with Crippen LogP contribution in [0.15, 0.2) is 48.5 Å². The molecular weight excluding hydrogens is 220 g/mol. The quantitative estimate of drug-likeness (QED) is 0.572. The Labute approximate surface area is 106 Å². The van der Waals surface area contributed by atoms with Crippen LogP contribution < -0.4 is 0 Å². The molecule has 18 heavy (non-hydrogen) atoms. The molecule has 0 aromatic heterocycles. The molecule has 2 rings (SSSR count). The zero-order chi connectivity index (χ0) is 13.0. The van der Waals surface area contributed by atoms with Crippen LogP contribution in [-0.4, -0.2) is 5.78 Å². The van der Waals surface area contributed by atoms with Gasteiger partial charge in [0.1, 0.15) is 0 Å². The van der Waals surface area contributed by atoms with Crippen molar-refractivity contribution in [2.75, 3.05) is 0 Å². The minimum atomic E-state index is -0.111. The van der Waals surface area contributed by atoms with Crippen molar-refractivity contribution < 1.29 is 4.79 Å². The van der Waals surface area contributed by atoms with E-state index in [0.717, 1.165) is 0 Å². The molecule has 0 unspecified atom stereocenters. The van der Waals surface area contributed by atoms with E-state index in [1.807, 2.05) is 18.2 Å². The third-order valence-electron chi connectivity index (χ3n) is 2.64. The van der Waals surface area contributed by atoms with E-state index in [2.05, 4.69) is 11.8 Å². The highest BCUT2D eigenvalue weighted by Crippen LogP contribution is 2.17. The van der Waals surface area contributed by atoms with Gasteiger partial charge >= 0.3 is 0 Å². The topological polar surface area (TPSA) is 17.1 Å². The van der Waals surface area contributed by atoms with Gasteiger partial charge in [-0.05, 0) is 12.1 Å². The fourth-order valence-corrected chi connectivity index (χ4v) is 1.76. The molecule has 1 nitrogen and oxygen atoms in total. The molecule has 0 heterocycles. The van der Waals surface area contributed by atoms with Gasteiger partial charge in [0.2, 0.25) is 0 Å². The zero-order valence-corrected chi connectivity index (χ0v) is 9.68. The second-order valence-corrected chi connectivity index (χ2v) is 3.71. The van der Waals surface area contributed by atoms with E-state index in [1.54, 1.807) is 30.3 Å². The molecule has 1 heteroatoms. The Morgan fingerprint density at radius 2 is 1.61 bits per heavy atom. The number of hydrogen-bond donors (Lipinski definition) is 0. The van der Waals surface area contributed by atoms with Gasteiger partial charge < -0.3 is 0 Å². The standard InChI is InChI=1S/C17H10O/c1-3-13-11-8-12-16(15(13)4-2)17(18)14-9-6-5-7-10-14/h1-2,5-12H. The van der Waals surface area contributed by atoms with Crippen molar-refractivity contribution in [1.82, 2.24) is 0 Å². The third kappa shape index (κ3) is 2.03. The van der Waals surface area contributed by atoms with E-state index in [4.69, 9.17) is 12.8 Å². The van der Waals surface area contributed by atoms with Crippen LogP contribution in [0.3, 0.4) is 0 Å². The molecular formula is C17H10O. The van der Waals surface area contributed by atoms with Gasteiger partial charge in [-0.25, -0.2) is 0 Å². The molecule has 0 aliphatic heterocycles. The third-order valence-corrected chi connectivity index (χ3v) is 2.64. The monoisotopic (exact) mass is 230 g/mol. The van der Waals surface area contributed by atoms with Crippen LogP contribution in [0.5, 0.6) is 0 Å². The number of carbonyl (C=O) groups excluding carboxylic acids is 1. The van der Waals surface area contributed by atoms with Crippen LogP contribution in [0.2, 0.25) is 0 Å². The van der Waals surface area contributed by atoms with Gasteiger partial charge in [0, 0.05) is 16.7 Å². The molecule has 0 N–H and O–H groups in total. The Kier molecular flexibility index (Phi) is 3.28. The van der Waals surface area contributed by atoms with Gasteiger partial charge in [-0.3, -0.25) is 4.79 Å². The minimum absolute atomic E-state index is 0.111. The Morgan fingerprint density at radius 1 is 0.889 bits per heavy atom. The van der Waals surface area contributed by atoms with Gasteiger partial charge in [-0.2, -0.15) is 0 Å². The lowest BCUT2D eigenvalue weighted by Crippen LogP contribution is -2.05. The first-order valence-corrected chi connectivity index (χ1v) is 5.44. The lowest BCUT2D eigenvalue weighted by Gasteiger charge is -2.06. The Morgan fingerprint density at radius 3 is 2.22 bits per heavy atom. The number of ketones is 1. The molecule has 0 spiro atoms. The van der Waals surface area contributed by atoms with Gasteiger partial charge in [0.25, 0.3) is 0 Å². The predicted octanol–water partition coefficient (Wildman–Crippen LogP) is 2.88. The summed E-state index contributed by atoms with van der Waals surface area (Å²) in [4.78, 5) is 12.3. The summed E-state index contributed by atoms with van der Waals surface area (Å²) >= 11 is 0. The number of terminal acetylenes is 2. The van der Waals surface area contributed by atoms with Crippen LogP contribution in [0.1, 0.15) is 27.0 Å². The molecule has 0 saturated carbocycles. The molecule has 0 aliphatic rings. The Balaban J connectivity index is 2.57. The normalized spacial score (nSPS) is 9.22. The molecule has 0 bridgehead atoms. The minimum Gasteiger partial charge on any atom is -0.289 e. The lowest BCUT2D eigenvalue weighted by molar-refractivity contribution is 0.103. The summed E-state index contributed by atoms with van der Waals surface area (Å²) in [7, 11) is 0. The molecule has 0 fully saturated rings. The van der Waals surface area contributed by atoms with E-state index in [-0.39, 0.29) is 5.78 Å². The highest BCUT2D eigenvalue weighted by atomic mass is 16.1. The maximum absolute atomic E-state index is 12.3. The molecule has 2 aromatic carbocycles. The SMILES string of the molecule is C#Cc1cccc(C(=O)c2ccccc2)c1C#C. The summed E-state index contributed by atoms with van der Waals surface area (Å²) < 4.78 is 0. The Hall–Kier alpha value is -2.77. The maximum Gasteiger partial charge on any atom is 0.194 e. The van der Waals surface area contributed by atoms with E-state index in [0.29, 0.717) is 22.3 Å². The molecule has 0 aliphatic carbocycles. The molecule has 0 atom stereocenters. The first-order chi connectivity index (χ1) is 8.77. The summed E-state index contributed by atoms with van der Waals surface area (Å²) in [5, 5.41) is 0. The summed E-state index contributed by atoms with van der Waals surface area (Å²) in [6, 6.07) is 14.2. The van der Waals surface area contributed by atoms with Crippen molar-refractivity contribution in [3.8, 4) is 24.7 Å². The lowest BCUT2D eigenvalue weighted by atomic mass is 9.95. The predicted molar refractivity (Wildman–Crippen MR) is 72.2 cm³/mol. The molecule has 0 radical (unpaired) electrons. The highest BCUT2D eigenvalue weighted by Gasteiger charge is 2.14. The first kappa shape index (κ1) is 11.7. The summed E-state index contributed by atoms with van der Waals surface area (Å²) in [6.45, 7) is 0. The van der Waals surface area contributed by atoms with Crippen LogP contribution in [-0.2, 0) is 0 Å². The van der Waals surface area contributed by atoms with E-state index in [1.165, 1.54) is 0 Å². The van der Waals surface area contributed by atoms with Crippen LogP contribution in [0.4, 0.5) is 0 Å². The average molecular weight is 230 g/mol. The van der Waals surface area contributed by atoms with E-state index >= 15 is 0 Å². The number of hydrogen-bond acceptors (Lipinski definition) is 1. The average Bonchev–Trinajstić information content (AvgIpc) is 2.46. The van der Waals surface area contributed by atoms with Crippen molar-refractivity contribution in [2.45, 2.75) is 0 Å². The second kappa shape index (κ2) is 5.04. The van der Waals surface area contributed by atoms with Crippen molar-refractivity contribution in [3.05, 3.63) is 70.8 Å². The Bertz CT molecular complexity index is 667. The number of carbonyl (C=O) groups is 1. The van der Waals surface area contributed by atoms with E-state index in [9.17, 15) is 4.79 Å². The smallest absolute Gasteiger partial charge is 0.194 e. The molecule has 0 saturated heterocycles. The number of benzene rings is 2. The van der Waals surface area contributed by atoms with Crippen LogP contribution >= 0.6 is 0 Å². The van der Waals surface area contributed by atoms with Crippen molar-refractivity contribution in [3.63, 3.8) is 0 Å². The molecule has 84 valence electrons. The first-order valence-electron chi connectivity index (χ1n) is 5.44. The fourth-order valence-electron chi connectivity index (χ4n) is 1.76. The van der Waals surface area contributed by atoms with Gasteiger partial charge in [0.15, 0.2) is 5.78 Å². The van der Waals surface area contributed by atoms with Crippen LogP contribution in [0, 0.1) is 24.7 Å². The summed E-state index contributed by atoms with van der Waals surface area (Å²) in [6.07, 6.45) is 10.8.